The van der Waals surface area contributed by atoms with E-state index in [9.17, 15) is 5.11 Å². The van der Waals surface area contributed by atoms with Crippen LogP contribution in [-0.4, -0.2) is 51.0 Å². The van der Waals surface area contributed by atoms with Crippen LogP contribution in [0.25, 0.3) is 16.9 Å². The first kappa shape index (κ1) is 21.3. The van der Waals surface area contributed by atoms with Gasteiger partial charge in [0, 0.05) is 37.3 Å². The lowest BCUT2D eigenvalue weighted by Crippen LogP contribution is -2.40. The third-order valence-corrected chi connectivity index (χ3v) is 6.54. The minimum atomic E-state index is -0.794. The number of anilines is 2. The first-order chi connectivity index (χ1) is 15.3. The Balaban J connectivity index is 1.68. The van der Waals surface area contributed by atoms with Gasteiger partial charge in [-0.15, -0.1) is 5.10 Å². The highest BCUT2D eigenvalue weighted by molar-refractivity contribution is 5.77. The topological polar surface area (TPSA) is 56.9 Å². The molecule has 32 heavy (non-hydrogen) atoms. The molecule has 1 aliphatic heterocycles. The van der Waals surface area contributed by atoms with Gasteiger partial charge >= 0.3 is 0 Å². The van der Waals surface area contributed by atoms with Crippen LogP contribution in [0, 0.1) is 13.8 Å². The van der Waals surface area contributed by atoms with E-state index in [4.69, 9.17) is 17.0 Å². The number of fused-ring (bicyclic) bond motifs is 1. The van der Waals surface area contributed by atoms with E-state index < -0.39 is 5.60 Å². The van der Waals surface area contributed by atoms with E-state index >= 15 is 0 Å². The molecule has 0 amide bonds. The second kappa shape index (κ2) is 8.07. The van der Waals surface area contributed by atoms with Crippen molar-refractivity contribution in [1.29, 1.82) is 0 Å². The molecule has 3 heterocycles. The Labute approximate surface area is 190 Å². The van der Waals surface area contributed by atoms with Crippen LogP contribution in [0.5, 0.6) is 0 Å². The first-order valence-corrected chi connectivity index (χ1v) is 11.8. The van der Waals surface area contributed by atoms with Crippen LogP contribution in [0.2, 0.25) is 0 Å². The summed E-state index contributed by atoms with van der Waals surface area (Å²) in [5.41, 5.74) is 4.95. The highest BCUT2D eigenvalue weighted by atomic mass is 16.3. The largest absolute Gasteiger partial charge is 0.389 e. The van der Waals surface area contributed by atoms with E-state index in [2.05, 4.69) is 21.9 Å². The zero-order valence-electron chi connectivity index (χ0n) is 19.4. The molecule has 168 valence electrons. The molecule has 5 rings (SSSR count). The molecule has 1 aliphatic carbocycles. The zero-order chi connectivity index (χ0) is 22.5. The van der Waals surface area contributed by atoms with Gasteiger partial charge in [-0.05, 0) is 77.0 Å². The highest BCUT2D eigenvalue weighted by Crippen LogP contribution is 2.38. The number of benzene rings is 1. The molecular weight excluding hydrogens is 398 g/mol. The Morgan fingerprint density at radius 1 is 1.16 bits per heavy atom. The second-order valence-corrected chi connectivity index (χ2v) is 10.1. The van der Waals surface area contributed by atoms with Gasteiger partial charge in [-0.1, -0.05) is 12.1 Å². The van der Waals surface area contributed by atoms with Crippen molar-refractivity contribution in [3.8, 4) is 11.3 Å². The molecule has 1 aromatic carbocycles. The van der Waals surface area contributed by atoms with Crippen LogP contribution in [0.4, 0.5) is 11.5 Å². The molecule has 6 nitrogen and oxygen atoms in total. The van der Waals surface area contributed by atoms with Crippen molar-refractivity contribution in [2.45, 2.75) is 64.5 Å². The van der Waals surface area contributed by atoms with Gasteiger partial charge in [-0.2, -0.15) is 0 Å². The quantitative estimate of drug-likeness (QED) is 0.623. The molecule has 0 unspecified atom stereocenters. The Bertz CT molecular complexity index is 1120. The summed E-state index contributed by atoms with van der Waals surface area (Å²) >= 11 is 0. The van der Waals surface area contributed by atoms with Crippen molar-refractivity contribution in [2.75, 3.05) is 29.4 Å². The summed E-state index contributed by atoms with van der Waals surface area (Å²) in [5.74, 6) is 0.986. The molecule has 0 spiro atoms. The SMILES string of the molecule is [CH]c1ccc(-c2cnc3c(N(CC(C)(C)O)C4CC4)cc(N4CCCCC4)nn23)cc1C. The summed E-state index contributed by atoms with van der Waals surface area (Å²) in [4.78, 5) is 9.55. The predicted molar refractivity (Wildman–Crippen MR) is 129 cm³/mol. The standard InChI is InChI=1S/C26H33N5O/c1-18-8-9-20(14-19(18)2)23-16-27-25-22(30(21-10-11-21)17-26(3,4)32)15-24(28-31(23)25)29-12-6-5-7-13-29/h1,8-9,14-16,21,32H,5-7,10-13,17H2,2-4H3. The van der Waals surface area contributed by atoms with E-state index in [1.165, 1.54) is 19.3 Å². The number of piperidine rings is 1. The first-order valence-electron chi connectivity index (χ1n) is 11.8. The van der Waals surface area contributed by atoms with E-state index in [1.807, 2.05) is 43.6 Å². The molecule has 2 aromatic heterocycles. The molecular formula is C26H33N5O. The van der Waals surface area contributed by atoms with Crippen LogP contribution < -0.4 is 9.80 Å². The number of aliphatic hydroxyl groups is 1. The number of hydrogen-bond acceptors (Lipinski definition) is 5. The number of hydrogen-bond donors (Lipinski definition) is 1. The number of aryl methyl sites for hydroxylation is 1. The number of imidazole rings is 1. The molecule has 6 heteroatoms. The summed E-state index contributed by atoms with van der Waals surface area (Å²) in [6, 6.07) is 8.72. The zero-order valence-corrected chi connectivity index (χ0v) is 19.4. The maximum atomic E-state index is 10.6. The summed E-state index contributed by atoms with van der Waals surface area (Å²) in [7, 11) is 0. The molecule has 0 bridgehead atoms. The monoisotopic (exact) mass is 431 g/mol. The highest BCUT2D eigenvalue weighted by Gasteiger charge is 2.35. The molecule has 1 N–H and O–H groups in total. The predicted octanol–water partition coefficient (Wildman–Crippen LogP) is 4.49. The second-order valence-electron chi connectivity index (χ2n) is 10.1. The lowest BCUT2D eigenvalue weighted by Gasteiger charge is -2.33. The summed E-state index contributed by atoms with van der Waals surface area (Å²) < 4.78 is 1.99. The van der Waals surface area contributed by atoms with Gasteiger partial charge in [0.25, 0.3) is 0 Å². The lowest BCUT2D eigenvalue weighted by atomic mass is 10.0. The van der Waals surface area contributed by atoms with Gasteiger partial charge in [-0.25, -0.2) is 9.50 Å². The molecule has 1 saturated carbocycles. The van der Waals surface area contributed by atoms with Crippen LogP contribution in [-0.2, 0) is 0 Å². The molecule has 0 atom stereocenters. The van der Waals surface area contributed by atoms with Crippen LogP contribution >= 0.6 is 0 Å². The van der Waals surface area contributed by atoms with E-state index in [0.29, 0.717) is 12.6 Å². The van der Waals surface area contributed by atoms with Gasteiger partial charge in [0.1, 0.15) is 0 Å². The van der Waals surface area contributed by atoms with Gasteiger partial charge in [0.15, 0.2) is 11.5 Å². The maximum Gasteiger partial charge on any atom is 0.177 e. The van der Waals surface area contributed by atoms with Gasteiger partial charge < -0.3 is 14.9 Å². The molecule has 2 radical (unpaired) electrons. The van der Waals surface area contributed by atoms with Crippen molar-refractivity contribution in [1.82, 2.24) is 14.6 Å². The van der Waals surface area contributed by atoms with Crippen molar-refractivity contribution >= 4 is 17.2 Å². The van der Waals surface area contributed by atoms with Crippen LogP contribution in [0.15, 0.2) is 30.5 Å². The average Bonchev–Trinajstić information content (AvgIpc) is 3.52. The average molecular weight is 432 g/mol. The molecule has 1 saturated heterocycles. The van der Waals surface area contributed by atoms with E-state index in [-0.39, 0.29) is 0 Å². The Kier molecular flexibility index (Phi) is 5.36. The van der Waals surface area contributed by atoms with E-state index in [1.54, 1.807) is 0 Å². The van der Waals surface area contributed by atoms with Gasteiger partial charge in [0.2, 0.25) is 0 Å². The van der Waals surface area contributed by atoms with Crippen molar-refractivity contribution < 1.29 is 5.11 Å². The van der Waals surface area contributed by atoms with E-state index in [0.717, 1.165) is 65.5 Å². The minimum absolute atomic E-state index is 0.445. The van der Waals surface area contributed by atoms with Gasteiger partial charge in [-0.3, -0.25) is 0 Å². The van der Waals surface area contributed by atoms with Crippen molar-refractivity contribution in [2.24, 2.45) is 0 Å². The third-order valence-electron chi connectivity index (χ3n) is 6.54. The minimum Gasteiger partial charge on any atom is -0.389 e. The Morgan fingerprint density at radius 3 is 2.56 bits per heavy atom. The summed E-state index contributed by atoms with van der Waals surface area (Å²) in [6.07, 6.45) is 7.87. The molecule has 3 aromatic rings. The molecule has 2 fully saturated rings. The van der Waals surface area contributed by atoms with Crippen molar-refractivity contribution in [3.63, 3.8) is 0 Å². The fourth-order valence-electron chi connectivity index (χ4n) is 4.67. The Hall–Kier alpha value is -2.60. The lowest BCUT2D eigenvalue weighted by molar-refractivity contribution is 0.0869. The van der Waals surface area contributed by atoms with Crippen molar-refractivity contribution in [3.05, 3.63) is 48.5 Å². The number of nitrogens with zero attached hydrogens (tertiary/aromatic N) is 5. The fourth-order valence-corrected chi connectivity index (χ4v) is 4.67. The van der Waals surface area contributed by atoms with Gasteiger partial charge in [0.05, 0.1) is 23.2 Å². The smallest absolute Gasteiger partial charge is 0.177 e. The summed E-state index contributed by atoms with van der Waals surface area (Å²) in [5, 5.41) is 15.7. The number of aromatic nitrogens is 3. The molecule has 2 aliphatic rings. The maximum absolute atomic E-state index is 10.6. The normalized spacial score (nSPS) is 17.2. The summed E-state index contributed by atoms with van der Waals surface area (Å²) in [6.45, 7) is 14.5. The Morgan fingerprint density at radius 2 is 1.91 bits per heavy atom. The fraction of sp³-hybridized carbons (Fsp3) is 0.500. The third kappa shape index (κ3) is 4.20. The number of rotatable bonds is 6. The van der Waals surface area contributed by atoms with Crippen LogP contribution in [0.1, 0.15) is 57.1 Å². The van der Waals surface area contributed by atoms with Crippen LogP contribution in [0.3, 0.4) is 0 Å².